The van der Waals surface area contributed by atoms with Crippen LogP contribution in [-0.2, 0) is 31.8 Å². The Labute approximate surface area is 262 Å². The van der Waals surface area contributed by atoms with Crippen molar-refractivity contribution in [1.82, 2.24) is 24.6 Å². The number of esters is 1. The molecule has 0 bridgehead atoms. The summed E-state index contributed by atoms with van der Waals surface area (Å²) in [5.74, 6) is 0.123. The second-order valence-corrected chi connectivity index (χ2v) is 11.6. The summed E-state index contributed by atoms with van der Waals surface area (Å²) in [5, 5.41) is 9.39. The van der Waals surface area contributed by atoms with Crippen molar-refractivity contribution in [1.29, 1.82) is 0 Å². The number of rotatable bonds is 10. The molecule has 0 aliphatic carbocycles. The van der Waals surface area contributed by atoms with Crippen LogP contribution in [0.25, 0.3) is 22.0 Å². The molecule has 5 rings (SSSR count). The molecule has 0 radical (unpaired) electrons. The smallest absolute Gasteiger partial charge is 0.354 e. The number of nitrogens with one attached hydrogen (secondary N) is 2. The number of halogens is 1. The lowest BCUT2D eigenvalue weighted by Gasteiger charge is -2.11. The van der Waals surface area contributed by atoms with Gasteiger partial charge in [0.05, 0.1) is 24.9 Å². The second-order valence-electron chi connectivity index (χ2n) is 11.2. The summed E-state index contributed by atoms with van der Waals surface area (Å²) in [7, 11) is 5.05. The molecule has 2 aromatic carbocycles. The molecular weight excluding hydrogens is 578 g/mol. The molecule has 0 aliphatic heterocycles. The lowest BCUT2D eigenvalue weighted by molar-refractivity contribution is 0.0589. The quantitative estimate of drug-likeness (QED) is 0.137. The molecule has 0 fully saturated rings. The van der Waals surface area contributed by atoms with E-state index in [2.05, 4.69) is 27.5 Å². The van der Waals surface area contributed by atoms with Crippen LogP contribution in [0, 0.1) is 27.7 Å². The van der Waals surface area contributed by atoms with Gasteiger partial charge in [0.1, 0.15) is 17.1 Å². The van der Waals surface area contributed by atoms with Crippen molar-refractivity contribution in [2.75, 3.05) is 13.7 Å². The number of ether oxygens (including phenoxy) is 2. The first kappa shape index (κ1) is 30.9. The van der Waals surface area contributed by atoms with Gasteiger partial charge in [0.15, 0.2) is 0 Å². The third-order valence-electron chi connectivity index (χ3n) is 8.11. The summed E-state index contributed by atoms with van der Waals surface area (Å²) >= 11 is 6.33. The van der Waals surface area contributed by atoms with Crippen LogP contribution in [0.1, 0.15) is 61.0 Å². The highest BCUT2D eigenvalue weighted by atomic mass is 35.5. The number of aromatic amines is 1. The van der Waals surface area contributed by atoms with E-state index in [-0.39, 0.29) is 12.5 Å². The highest BCUT2D eigenvalue weighted by Gasteiger charge is 2.22. The molecule has 230 valence electrons. The summed E-state index contributed by atoms with van der Waals surface area (Å²) in [6, 6.07) is 11.8. The SMILES string of the molecule is COC(=O)c1cc(CNC(=O)c2[nH]c3c(-c4c(C)nn(C)c4C)cccc3c2CCCOc2cc(C)c(Cl)c(C)c2)cn1C. The molecule has 3 heterocycles. The Morgan fingerprint density at radius 3 is 2.45 bits per heavy atom. The van der Waals surface area contributed by atoms with Crippen LogP contribution < -0.4 is 10.1 Å². The fraction of sp³-hybridized carbons (Fsp3) is 0.324. The minimum atomic E-state index is -0.428. The first-order valence-electron chi connectivity index (χ1n) is 14.6. The van der Waals surface area contributed by atoms with Gasteiger partial charge in [-0.05, 0) is 81.0 Å². The van der Waals surface area contributed by atoms with E-state index in [1.165, 1.54) is 7.11 Å². The average molecular weight is 616 g/mol. The summed E-state index contributed by atoms with van der Waals surface area (Å²) in [6.07, 6.45) is 3.13. The van der Waals surface area contributed by atoms with Crippen LogP contribution in [0.4, 0.5) is 0 Å². The number of carbonyl (C=O) groups is 2. The highest BCUT2D eigenvalue weighted by Crippen LogP contribution is 2.35. The first-order chi connectivity index (χ1) is 21.0. The lowest BCUT2D eigenvalue weighted by atomic mass is 9.98. The van der Waals surface area contributed by atoms with Crippen molar-refractivity contribution in [3.05, 3.63) is 92.6 Å². The van der Waals surface area contributed by atoms with Crippen molar-refractivity contribution < 1.29 is 19.1 Å². The number of fused-ring (bicyclic) bond motifs is 1. The summed E-state index contributed by atoms with van der Waals surface area (Å²) in [6.45, 7) is 8.71. The number of hydrogen-bond acceptors (Lipinski definition) is 5. The molecule has 0 saturated carbocycles. The van der Waals surface area contributed by atoms with E-state index in [9.17, 15) is 9.59 Å². The first-order valence-corrected chi connectivity index (χ1v) is 14.9. The van der Waals surface area contributed by atoms with Gasteiger partial charge in [0, 0.05) is 54.1 Å². The molecule has 0 aliphatic rings. The predicted octanol–water partition coefficient (Wildman–Crippen LogP) is 6.52. The molecule has 3 aromatic heterocycles. The maximum absolute atomic E-state index is 13.7. The second kappa shape index (κ2) is 12.6. The molecule has 0 saturated heterocycles. The number of aromatic nitrogens is 4. The van der Waals surface area contributed by atoms with Crippen LogP contribution in [-0.4, -0.2) is 44.9 Å². The highest BCUT2D eigenvalue weighted by molar-refractivity contribution is 6.32. The van der Waals surface area contributed by atoms with E-state index in [1.54, 1.807) is 17.7 Å². The number of aryl methyl sites for hydroxylation is 6. The molecule has 1 amide bonds. The Kier molecular flexibility index (Phi) is 8.87. The Morgan fingerprint density at radius 2 is 1.80 bits per heavy atom. The maximum atomic E-state index is 13.7. The summed E-state index contributed by atoms with van der Waals surface area (Å²) in [4.78, 5) is 29.3. The number of hydrogen-bond donors (Lipinski definition) is 2. The Hall–Kier alpha value is -4.50. The number of amides is 1. The van der Waals surface area contributed by atoms with Crippen molar-refractivity contribution >= 4 is 34.4 Å². The fourth-order valence-corrected chi connectivity index (χ4v) is 5.94. The van der Waals surface area contributed by atoms with Crippen LogP contribution in [0.15, 0.2) is 42.6 Å². The van der Waals surface area contributed by atoms with Crippen molar-refractivity contribution in [2.45, 2.75) is 47.1 Å². The van der Waals surface area contributed by atoms with Crippen molar-refractivity contribution in [3.8, 4) is 16.9 Å². The maximum Gasteiger partial charge on any atom is 0.354 e. The summed E-state index contributed by atoms with van der Waals surface area (Å²) in [5.41, 5.74) is 9.51. The summed E-state index contributed by atoms with van der Waals surface area (Å²) < 4.78 is 14.5. The molecule has 44 heavy (non-hydrogen) atoms. The predicted molar refractivity (Wildman–Crippen MR) is 173 cm³/mol. The van der Waals surface area contributed by atoms with E-state index in [1.807, 2.05) is 63.8 Å². The standard InChI is InChI=1S/C34H38ClN5O4/c1-19-14-24(15-20(2)30(19)35)44-13-9-12-26-25-10-8-11-27(29-21(3)38-40(6)22(29)4)31(25)37-32(26)33(41)36-17-23-16-28(34(42)43-7)39(5)18-23/h8,10-11,14-16,18,37H,9,12-13,17H2,1-7H3,(H,36,41). The minimum absolute atomic E-state index is 0.227. The normalized spacial score (nSPS) is 11.3. The third kappa shape index (κ3) is 5.97. The van der Waals surface area contributed by atoms with Gasteiger partial charge >= 0.3 is 5.97 Å². The molecule has 2 N–H and O–H groups in total. The number of carbonyl (C=O) groups excluding carboxylic acids is 2. The molecule has 0 atom stereocenters. The van der Waals surface area contributed by atoms with Gasteiger partial charge in [-0.2, -0.15) is 5.10 Å². The molecule has 9 nitrogen and oxygen atoms in total. The van der Waals surface area contributed by atoms with Crippen LogP contribution >= 0.6 is 11.6 Å². The van der Waals surface area contributed by atoms with Crippen LogP contribution in [0.5, 0.6) is 5.75 Å². The van der Waals surface area contributed by atoms with E-state index in [0.29, 0.717) is 30.8 Å². The Balaban J connectivity index is 1.44. The van der Waals surface area contributed by atoms with Crippen LogP contribution in [0.3, 0.4) is 0 Å². The van der Waals surface area contributed by atoms with E-state index < -0.39 is 5.97 Å². The van der Waals surface area contributed by atoms with Crippen molar-refractivity contribution in [3.63, 3.8) is 0 Å². The lowest BCUT2D eigenvalue weighted by Crippen LogP contribution is -2.24. The number of methoxy groups -OCH3 is 1. The third-order valence-corrected chi connectivity index (χ3v) is 8.70. The largest absolute Gasteiger partial charge is 0.494 e. The number of benzene rings is 2. The van der Waals surface area contributed by atoms with Crippen molar-refractivity contribution in [2.24, 2.45) is 14.1 Å². The number of nitrogens with zero attached hydrogens (tertiary/aromatic N) is 3. The zero-order chi connectivity index (χ0) is 31.7. The molecule has 0 unspecified atom stereocenters. The Morgan fingerprint density at radius 1 is 1.07 bits per heavy atom. The van der Waals surface area contributed by atoms with Gasteiger partial charge in [-0.15, -0.1) is 0 Å². The monoisotopic (exact) mass is 615 g/mol. The van der Waals surface area contributed by atoms with E-state index in [0.717, 1.165) is 66.4 Å². The minimum Gasteiger partial charge on any atom is -0.494 e. The van der Waals surface area contributed by atoms with Gasteiger partial charge in [0.2, 0.25) is 0 Å². The van der Waals surface area contributed by atoms with Gasteiger partial charge in [0.25, 0.3) is 5.91 Å². The number of para-hydroxylation sites is 1. The van der Waals surface area contributed by atoms with E-state index >= 15 is 0 Å². The van der Waals surface area contributed by atoms with Gasteiger partial charge < -0.3 is 24.3 Å². The van der Waals surface area contributed by atoms with Gasteiger partial charge in [-0.1, -0.05) is 29.8 Å². The Bertz CT molecular complexity index is 1860. The number of H-pyrrole nitrogens is 1. The molecule has 0 spiro atoms. The zero-order valence-corrected chi connectivity index (χ0v) is 27.0. The van der Waals surface area contributed by atoms with Crippen LogP contribution in [0.2, 0.25) is 5.02 Å². The topological polar surface area (TPSA) is 103 Å². The van der Waals surface area contributed by atoms with Gasteiger partial charge in [-0.3, -0.25) is 9.48 Å². The average Bonchev–Trinajstić information content (AvgIpc) is 3.64. The fourth-order valence-electron chi connectivity index (χ4n) is 5.84. The van der Waals surface area contributed by atoms with E-state index in [4.69, 9.17) is 21.1 Å². The molecule has 5 aromatic rings. The molecular formula is C34H38ClN5O4. The zero-order valence-electron chi connectivity index (χ0n) is 26.2. The molecule has 10 heteroatoms. The van der Waals surface area contributed by atoms with Gasteiger partial charge in [-0.25, -0.2) is 4.79 Å².